The molecule has 1 heterocycles. The Kier molecular flexibility index (Phi) is 5.73. The van der Waals surface area contributed by atoms with Gasteiger partial charge in [-0.3, -0.25) is 0 Å². The Balaban J connectivity index is 1.25. The lowest BCUT2D eigenvalue weighted by molar-refractivity contribution is -0.0707. The zero-order valence-corrected chi connectivity index (χ0v) is 20.4. The van der Waals surface area contributed by atoms with E-state index >= 15 is 0 Å². The van der Waals surface area contributed by atoms with E-state index < -0.39 is 0 Å². The largest absolute Gasteiger partial charge is 0.308 e. The first-order valence-electron chi connectivity index (χ1n) is 12.6. The molecule has 1 atom stereocenters. The second-order valence-electron chi connectivity index (χ2n) is 11.0. The van der Waals surface area contributed by atoms with Crippen molar-refractivity contribution in [3.05, 3.63) is 70.6 Å². The van der Waals surface area contributed by atoms with Crippen molar-refractivity contribution in [1.29, 1.82) is 0 Å². The molecule has 4 fully saturated rings. The van der Waals surface area contributed by atoms with Crippen molar-refractivity contribution < 1.29 is 4.39 Å². The summed E-state index contributed by atoms with van der Waals surface area (Å²) in [7, 11) is 0. The van der Waals surface area contributed by atoms with E-state index in [2.05, 4.69) is 24.4 Å². The highest BCUT2D eigenvalue weighted by molar-refractivity contribution is 6.31. The van der Waals surface area contributed by atoms with Crippen molar-refractivity contribution in [2.24, 2.45) is 23.2 Å². The first kappa shape index (κ1) is 22.2. The van der Waals surface area contributed by atoms with Gasteiger partial charge in [0.05, 0.1) is 6.54 Å². The predicted octanol–water partition coefficient (Wildman–Crippen LogP) is 6.48. The summed E-state index contributed by atoms with van der Waals surface area (Å²) in [6.07, 6.45) is 8.48. The van der Waals surface area contributed by atoms with Gasteiger partial charge in [-0.2, -0.15) is 15.0 Å². The van der Waals surface area contributed by atoms with Crippen LogP contribution in [0.3, 0.4) is 0 Å². The topological polar surface area (TPSA) is 42.7 Å². The van der Waals surface area contributed by atoms with E-state index in [4.69, 9.17) is 21.8 Å². The standard InChI is InChI=1S/C28H32ClFN4/c1-18(28-13-19-10-20(14-28)12-21(11-19)15-28)31-16-26-27(22-6-3-2-4-7-22)33-34(32-26)17-23-24(29)8-5-9-25(23)30/h2-9,18-21,31H,10-17H2,1H3/t18-,19?,20?,21?,28?/m1/s1. The summed E-state index contributed by atoms with van der Waals surface area (Å²) < 4.78 is 14.4. The molecule has 0 saturated heterocycles. The number of rotatable bonds is 7. The van der Waals surface area contributed by atoms with E-state index in [9.17, 15) is 4.39 Å². The van der Waals surface area contributed by atoms with Crippen molar-refractivity contribution in [2.45, 2.75) is 64.6 Å². The van der Waals surface area contributed by atoms with Gasteiger partial charge in [0.1, 0.15) is 17.2 Å². The fourth-order valence-corrected chi connectivity index (χ4v) is 7.61. The average Bonchev–Trinajstić information content (AvgIpc) is 3.22. The molecule has 3 aromatic rings. The number of hydrogen-bond acceptors (Lipinski definition) is 3. The van der Waals surface area contributed by atoms with Gasteiger partial charge in [-0.1, -0.05) is 48.0 Å². The Bertz CT molecular complexity index is 1120. The quantitative estimate of drug-likeness (QED) is 0.422. The summed E-state index contributed by atoms with van der Waals surface area (Å²) in [5.41, 5.74) is 3.61. The molecule has 0 unspecified atom stereocenters. The number of aromatic nitrogens is 3. The number of nitrogens with one attached hydrogen (secondary N) is 1. The molecule has 4 bridgehead atoms. The Hall–Kier alpha value is -2.24. The fourth-order valence-electron chi connectivity index (χ4n) is 7.39. The third-order valence-corrected chi connectivity index (χ3v) is 9.07. The second-order valence-corrected chi connectivity index (χ2v) is 11.4. The van der Waals surface area contributed by atoms with E-state index in [0.29, 0.717) is 28.6 Å². The number of halogens is 2. The summed E-state index contributed by atoms with van der Waals surface area (Å²) in [4.78, 5) is 1.58. The maximum absolute atomic E-state index is 14.4. The number of hydrogen-bond donors (Lipinski definition) is 1. The number of nitrogens with zero attached hydrogens (tertiary/aromatic N) is 3. The highest BCUT2D eigenvalue weighted by Gasteiger charge is 2.52. The molecule has 4 aliphatic carbocycles. The van der Waals surface area contributed by atoms with Crippen molar-refractivity contribution >= 4 is 11.6 Å². The van der Waals surface area contributed by atoms with Gasteiger partial charge in [-0.25, -0.2) is 4.39 Å². The van der Waals surface area contributed by atoms with Gasteiger partial charge in [0, 0.05) is 28.7 Å². The molecule has 4 saturated carbocycles. The Labute approximate surface area is 205 Å². The summed E-state index contributed by atoms with van der Waals surface area (Å²) >= 11 is 6.27. The fraction of sp³-hybridized carbons (Fsp3) is 0.500. The lowest BCUT2D eigenvalue weighted by atomic mass is 9.48. The number of benzene rings is 2. The molecule has 178 valence electrons. The van der Waals surface area contributed by atoms with Gasteiger partial charge in [-0.15, -0.1) is 0 Å². The molecular formula is C28H32ClFN4. The maximum Gasteiger partial charge on any atom is 0.129 e. The zero-order chi connectivity index (χ0) is 23.3. The minimum absolute atomic E-state index is 0.204. The Morgan fingerprint density at radius 2 is 1.68 bits per heavy atom. The van der Waals surface area contributed by atoms with Crippen molar-refractivity contribution in [3.8, 4) is 11.3 Å². The maximum atomic E-state index is 14.4. The van der Waals surface area contributed by atoms with Crippen LogP contribution in [0, 0.1) is 29.0 Å². The van der Waals surface area contributed by atoms with E-state index in [1.807, 2.05) is 18.2 Å². The molecule has 4 nitrogen and oxygen atoms in total. The lowest BCUT2D eigenvalue weighted by Crippen LogP contribution is -2.54. The normalized spacial score (nSPS) is 28.4. The van der Waals surface area contributed by atoms with Crippen molar-refractivity contribution in [3.63, 3.8) is 0 Å². The average molecular weight is 479 g/mol. The van der Waals surface area contributed by atoms with Crippen LogP contribution in [0.2, 0.25) is 5.02 Å². The first-order chi connectivity index (χ1) is 16.5. The molecule has 1 N–H and O–H groups in total. The van der Waals surface area contributed by atoms with Gasteiger partial charge >= 0.3 is 0 Å². The minimum atomic E-state index is -0.332. The van der Waals surface area contributed by atoms with Gasteiger partial charge in [0.15, 0.2) is 0 Å². The lowest BCUT2D eigenvalue weighted by Gasteiger charge is -2.59. The predicted molar refractivity (Wildman–Crippen MR) is 133 cm³/mol. The SMILES string of the molecule is C[C@@H](NCc1nn(Cc2c(F)cccc2Cl)nc1-c1ccccc1)C12CC3CC(CC(C3)C1)C2. The molecule has 0 radical (unpaired) electrons. The van der Waals surface area contributed by atoms with E-state index in [0.717, 1.165) is 34.7 Å². The molecule has 34 heavy (non-hydrogen) atoms. The van der Waals surface area contributed by atoms with Gasteiger partial charge in [0.25, 0.3) is 0 Å². The monoisotopic (exact) mass is 478 g/mol. The summed E-state index contributed by atoms with van der Waals surface area (Å²) in [6.45, 7) is 3.23. The molecular weight excluding hydrogens is 447 g/mol. The van der Waals surface area contributed by atoms with Crippen LogP contribution in [0.25, 0.3) is 11.3 Å². The molecule has 0 amide bonds. The highest BCUT2D eigenvalue weighted by atomic mass is 35.5. The van der Waals surface area contributed by atoms with Crippen LogP contribution in [0.4, 0.5) is 4.39 Å². The summed E-state index contributed by atoms with van der Waals surface area (Å²) in [5, 5.41) is 13.8. The molecule has 6 heteroatoms. The highest BCUT2D eigenvalue weighted by Crippen LogP contribution is 2.61. The van der Waals surface area contributed by atoms with E-state index in [-0.39, 0.29) is 12.4 Å². The smallest absolute Gasteiger partial charge is 0.129 e. The molecule has 1 aromatic heterocycles. The summed E-state index contributed by atoms with van der Waals surface area (Å²) in [6, 6.07) is 15.3. The van der Waals surface area contributed by atoms with Crippen LogP contribution in [0.15, 0.2) is 48.5 Å². The second kappa shape index (κ2) is 8.76. The Morgan fingerprint density at radius 3 is 2.32 bits per heavy atom. The Morgan fingerprint density at radius 1 is 1.00 bits per heavy atom. The van der Waals surface area contributed by atoms with Crippen LogP contribution in [0.5, 0.6) is 0 Å². The molecule has 0 aliphatic heterocycles. The summed E-state index contributed by atoms with van der Waals surface area (Å²) in [5.74, 6) is 2.46. The van der Waals surface area contributed by atoms with Crippen LogP contribution in [0.1, 0.15) is 56.7 Å². The van der Waals surface area contributed by atoms with Crippen LogP contribution in [-0.2, 0) is 13.1 Å². The molecule has 4 aliphatic rings. The van der Waals surface area contributed by atoms with Crippen LogP contribution >= 0.6 is 11.6 Å². The van der Waals surface area contributed by atoms with Gasteiger partial charge in [-0.05, 0) is 80.8 Å². The van der Waals surface area contributed by atoms with Crippen LogP contribution < -0.4 is 5.32 Å². The van der Waals surface area contributed by atoms with Gasteiger partial charge in [0.2, 0.25) is 0 Å². The minimum Gasteiger partial charge on any atom is -0.308 e. The first-order valence-corrected chi connectivity index (χ1v) is 13.0. The third kappa shape index (κ3) is 4.07. The van der Waals surface area contributed by atoms with Crippen LogP contribution in [-0.4, -0.2) is 21.0 Å². The molecule has 0 spiro atoms. The zero-order valence-electron chi connectivity index (χ0n) is 19.7. The van der Waals surface area contributed by atoms with Gasteiger partial charge < -0.3 is 5.32 Å². The molecule has 7 rings (SSSR count). The van der Waals surface area contributed by atoms with E-state index in [1.54, 1.807) is 16.9 Å². The van der Waals surface area contributed by atoms with Crippen molar-refractivity contribution in [1.82, 2.24) is 20.3 Å². The van der Waals surface area contributed by atoms with Crippen molar-refractivity contribution in [2.75, 3.05) is 0 Å². The van der Waals surface area contributed by atoms with E-state index in [1.165, 1.54) is 44.6 Å². The molecule has 2 aromatic carbocycles. The third-order valence-electron chi connectivity index (χ3n) is 8.71.